The third-order valence-corrected chi connectivity index (χ3v) is 7.50. The van der Waals surface area contributed by atoms with Crippen molar-refractivity contribution in [3.63, 3.8) is 0 Å². The number of nitrogens with one attached hydrogen (secondary N) is 2. The van der Waals surface area contributed by atoms with E-state index in [9.17, 15) is 13.2 Å². The average Bonchev–Trinajstić information content (AvgIpc) is 2.79. The molecule has 3 aromatic carbocycles. The molecule has 6 nitrogen and oxygen atoms in total. The molecule has 0 fully saturated rings. The number of carbonyl (C=O) groups excluding carboxylic acids is 1. The molecular formula is C25H27N3O3S. The number of fused-ring (bicyclic) bond motifs is 1. The van der Waals surface area contributed by atoms with Crippen LogP contribution in [-0.4, -0.2) is 31.8 Å². The summed E-state index contributed by atoms with van der Waals surface area (Å²) in [5.41, 5.74) is 4.85. The summed E-state index contributed by atoms with van der Waals surface area (Å²) in [6.07, 6.45) is 1.40. The third kappa shape index (κ3) is 5.18. The van der Waals surface area contributed by atoms with Crippen molar-refractivity contribution >= 4 is 21.7 Å². The lowest BCUT2D eigenvalue weighted by Crippen LogP contribution is -2.36. The molecule has 0 saturated carbocycles. The van der Waals surface area contributed by atoms with Crippen molar-refractivity contribution < 1.29 is 13.2 Å². The third-order valence-electron chi connectivity index (χ3n) is 5.64. The standard InChI is InChI=1S/C25H27N3O3S/c1-19-7-11-24(12-8-19)32(30,31)28-16-14-21-9-10-23(17-22(21)18-28)27-25(29)26-15-13-20-5-3-2-4-6-20/h2-12,17H,13-16,18H2,1H3,(H2,26,27,29). The van der Waals surface area contributed by atoms with Gasteiger partial charge in [-0.1, -0.05) is 54.1 Å². The van der Waals surface area contributed by atoms with Crippen LogP contribution in [0.5, 0.6) is 0 Å². The molecular weight excluding hydrogens is 422 g/mol. The molecule has 3 aromatic rings. The zero-order chi connectivity index (χ0) is 22.6. The highest BCUT2D eigenvalue weighted by Crippen LogP contribution is 2.27. The Kier molecular flexibility index (Phi) is 6.58. The molecule has 1 aliphatic rings. The number of hydrogen-bond donors (Lipinski definition) is 2. The molecule has 0 radical (unpaired) electrons. The predicted octanol–water partition coefficient (Wildman–Crippen LogP) is 4.11. The summed E-state index contributed by atoms with van der Waals surface area (Å²) in [6.45, 7) is 3.19. The average molecular weight is 450 g/mol. The monoisotopic (exact) mass is 449 g/mol. The smallest absolute Gasteiger partial charge is 0.319 e. The lowest BCUT2D eigenvalue weighted by Gasteiger charge is -2.28. The maximum absolute atomic E-state index is 13.1. The fourth-order valence-corrected chi connectivity index (χ4v) is 5.23. The minimum atomic E-state index is -3.56. The second-order valence-corrected chi connectivity index (χ2v) is 9.94. The molecule has 0 atom stereocenters. The summed E-state index contributed by atoms with van der Waals surface area (Å²) in [7, 11) is -3.56. The van der Waals surface area contributed by atoms with Crippen LogP contribution in [0.4, 0.5) is 10.5 Å². The van der Waals surface area contributed by atoms with Crippen LogP contribution in [0.1, 0.15) is 22.3 Å². The minimum Gasteiger partial charge on any atom is -0.338 e. The first-order valence-corrected chi connectivity index (χ1v) is 12.1. The van der Waals surface area contributed by atoms with Crippen molar-refractivity contribution in [1.29, 1.82) is 0 Å². The van der Waals surface area contributed by atoms with Gasteiger partial charge in [-0.3, -0.25) is 0 Å². The first kappa shape index (κ1) is 22.0. The van der Waals surface area contributed by atoms with Gasteiger partial charge in [0.2, 0.25) is 10.0 Å². The van der Waals surface area contributed by atoms with Gasteiger partial charge in [0, 0.05) is 25.3 Å². The van der Waals surface area contributed by atoms with Crippen molar-refractivity contribution in [2.24, 2.45) is 0 Å². The van der Waals surface area contributed by atoms with Gasteiger partial charge in [0.15, 0.2) is 0 Å². The number of benzene rings is 3. The van der Waals surface area contributed by atoms with Gasteiger partial charge in [0.05, 0.1) is 4.90 Å². The van der Waals surface area contributed by atoms with E-state index in [1.54, 1.807) is 12.1 Å². The van der Waals surface area contributed by atoms with Gasteiger partial charge in [-0.25, -0.2) is 13.2 Å². The molecule has 0 unspecified atom stereocenters. The van der Waals surface area contributed by atoms with E-state index < -0.39 is 10.0 Å². The highest BCUT2D eigenvalue weighted by molar-refractivity contribution is 7.89. The highest BCUT2D eigenvalue weighted by Gasteiger charge is 2.28. The fourth-order valence-electron chi connectivity index (χ4n) is 3.81. The van der Waals surface area contributed by atoms with Crippen molar-refractivity contribution in [2.45, 2.75) is 31.2 Å². The Morgan fingerprint density at radius 1 is 0.969 bits per heavy atom. The molecule has 0 spiro atoms. The summed E-state index contributed by atoms with van der Waals surface area (Å²) in [6, 6.07) is 22.3. The normalized spacial score (nSPS) is 13.9. The van der Waals surface area contributed by atoms with E-state index in [0.29, 0.717) is 30.1 Å². The van der Waals surface area contributed by atoms with E-state index in [2.05, 4.69) is 10.6 Å². The van der Waals surface area contributed by atoms with Crippen LogP contribution < -0.4 is 10.6 Å². The zero-order valence-corrected chi connectivity index (χ0v) is 18.9. The first-order valence-electron chi connectivity index (χ1n) is 10.7. The van der Waals surface area contributed by atoms with E-state index in [-0.39, 0.29) is 12.6 Å². The number of sulfonamides is 1. The van der Waals surface area contributed by atoms with Crippen molar-refractivity contribution in [3.8, 4) is 0 Å². The van der Waals surface area contributed by atoms with Gasteiger partial charge < -0.3 is 10.6 Å². The molecule has 0 aliphatic carbocycles. The van der Waals surface area contributed by atoms with Crippen LogP contribution >= 0.6 is 0 Å². The number of urea groups is 1. The van der Waals surface area contributed by atoms with Gasteiger partial charge in [-0.05, 0) is 60.7 Å². The van der Waals surface area contributed by atoms with E-state index in [0.717, 1.165) is 28.7 Å². The Morgan fingerprint density at radius 3 is 2.47 bits per heavy atom. The molecule has 2 amide bonds. The van der Waals surface area contributed by atoms with Gasteiger partial charge in [-0.2, -0.15) is 4.31 Å². The summed E-state index contributed by atoms with van der Waals surface area (Å²) in [4.78, 5) is 12.6. The first-order chi connectivity index (χ1) is 15.4. The van der Waals surface area contributed by atoms with Crippen molar-refractivity contribution in [1.82, 2.24) is 9.62 Å². The van der Waals surface area contributed by atoms with Gasteiger partial charge in [0.1, 0.15) is 0 Å². The molecule has 4 rings (SSSR count). The molecule has 2 N–H and O–H groups in total. The molecule has 1 aliphatic heterocycles. The van der Waals surface area contributed by atoms with E-state index in [1.165, 1.54) is 4.31 Å². The van der Waals surface area contributed by atoms with E-state index in [4.69, 9.17) is 0 Å². The van der Waals surface area contributed by atoms with Gasteiger partial charge in [0.25, 0.3) is 0 Å². The molecule has 0 saturated heterocycles. The SMILES string of the molecule is Cc1ccc(S(=O)(=O)N2CCc3ccc(NC(=O)NCCc4ccccc4)cc3C2)cc1. The number of carbonyl (C=O) groups is 1. The number of aryl methyl sites for hydroxylation is 1. The van der Waals surface area contributed by atoms with Crippen molar-refractivity contribution in [2.75, 3.05) is 18.4 Å². The van der Waals surface area contributed by atoms with Gasteiger partial charge >= 0.3 is 6.03 Å². The minimum absolute atomic E-state index is 0.277. The maximum Gasteiger partial charge on any atom is 0.319 e. The Balaban J connectivity index is 1.39. The topological polar surface area (TPSA) is 78.5 Å². The Hall–Kier alpha value is -3.16. The second kappa shape index (κ2) is 9.54. The summed E-state index contributed by atoms with van der Waals surface area (Å²) < 4.78 is 27.6. The number of nitrogens with zero attached hydrogens (tertiary/aromatic N) is 1. The quantitative estimate of drug-likeness (QED) is 0.595. The Labute approximate surface area is 189 Å². The fraction of sp³-hybridized carbons (Fsp3) is 0.240. The number of anilines is 1. The molecule has 1 heterocycles. The van der Waals surface area contributed by atoms with E-state index in [1.807, 2.05) is 67.6 Å². The highest BCUT2D eigenvalue weighted by atomic mass is 32.2. The lowest BCUT2D eigenvalue weighted by atomic mass is 10.0. The zero-order valence-electron chi connectivity index (χ0n) is 18.0. The van der Waals surface area contributed by atoms with Crippen LogP contribution in [0, 0.1) is 6.92 Å². The second-order valence-electron chi connectivity index (χ2n) is 8.00. The van der Waals surface area contributed by atoms with Gasteiger partial charge in [-0.15, -0.1) is 0 Å². The number of hydrogen-bond acceptors (Lipinski definition) is 3. The molecule has 32 heavy (non-hydrogen) atoms. The number of amides is 2. The summed E-state index contributed by atoms with van der Waals surface area (Å²) >= 11 is 0. The molecule has 7 heteroatoms. The Morgan fingerprint density at radius 2 is 1.72 bits per heavy atom. The predicted molar refractivity (Wildman–Crippen MR) is 126 cm³/mol. The summed E-state index contributed by atoms with van der Waals surface area (Å²) in [5.74, 6) is 0. The summed E-state index contributed by atoms with van der Waals surface area (Å²) in [5, 5.41) is 5.71. The van der Waals surface area contributed by atoms with Crippen LogP contribution in [0.15, 0.2) is 77.7 Å². The van der Waals surface area contributed by atoms with Crippen LogP contribution in [-0.2, 0) is 29.4 Å². The Bertz CT molecular complexity index is 1190. The van der Waals surface area contributed by atoms with Crippen LogP contribution in [0.2, 0.25) is 0 Å². The molecule has 0 aromatic heterocycles. The van der Waals surface area contributed by atoms with Crippen LogP contribution in [0.25, 0.3) is 0 Å². The molecule has 166 valence electrons. The largest absolute Gasteiger partial charge is 0.338 e. The lowest BCUT2D eigenvalue weighted by molar-refractivity contribution is 0.252. The maximum atomic E-state index is 13.1. The van der Waals surface area contributed by atoms with E-state index >= 15 is 0 Å². The van der Waals surface area contributed by atoms with Crippen LogP contribution in [0.3, 0.4) is 0 Å². The molecule has 0 bridgehead atoms. The number of rotatable bonds is 6. The van der Waals surface area contributed by atoms with Crippen molar-refractivity contribution in [3.05, 3.63) is 95.1 Å².